The van der Waals surface area contributed by atoms with Crippen LogP contribution in [0.4, 0.5) is 0 Å². The largest absolute Gasteiger partial charge is 0.493 e. The molecule has 140 valence electrons. The first-order valence-corrected chi connectivity index (χ1v) is 9.32. The summed E-state index contributed by atoms with van der Waals surface area (Å²) in [6.45, 7) is 4.01. The number of rotatable bonds is 6. The van der Waals surface area contributed by atoms with E-state index in [1.54, 1.807) is 20.3 Å². The Labute approximate surface area is 162 Å². The maximum Gasteiger partial charge on any atom is 0.338 e. The molecule has 0 atom stereocenters. The highest BCUT2D eigenvalue weighted by molar-refractivity contribution is 7.13. The molecule has 5 nitrogen and oxygen atoms in total. The molecular formula is C21H21NO4S. The highest BCUT2D eigenvalue weighted by Crippen LogP contribution is 2.39. The molecule has 0 saturated heterocycles. The summed E-state index contributed by atoms with van der Waals surface area (Å²) in [6, 6.07) is 11.3. The van der Waals surface area contributed by atoms with Gasteiger partial charge in [0.25, 0.3) is 0 Å². The second-order valence-corrected chi connectivity index (χ2v) is 6.87. The van der Waals surface area contributed by atoms with Crippen LogP contribution < -0.4 is 9.47 Å². The quantitative estimate of drug-likeness (QED) is 0.572. The molecule has 0 aliphatic rings. The number of carbonyl (C=O) groups is 1. The number of hydrogen-bond acceptors (Lipinski definition) is 6. The lowest BCUT2D eigenvalue weighted by molar-refractivity contribution is 0.0467. The van der Waals surface area contributed by atoms with E-state index in [4.69, 9.17) is 14.2 Å². The van der Waals surface area contributed by atoms with Crippen LogP contribution in [0, 0.1) is 13.8 Å². The lowest BCUT2D eigenvalue weighted by Gasteiger charge is -2.10. The molecule has 0 aliphatic carbocycles. The van der Waals surface area contributed by atoms with Crippen molar-refractivity contribution in [2.24, 2.45) is 0 Å². The van der Waals surface area contributed by atoms with Crippen molar-refractivity contribution in [1.29, 1.82) is 0 Å². The van der Waals surface area contributed by atoms with Gasteiger partial charge in [-0.25, -0.2) is 9.78 Å². The van der Waals surface area contributed by atoms with Gasteiger partial charge in [-0.15, -0.1) is 11.3 Å². The van der Waals surface area contributed by atoms with Crippen molar-refractivity contribution in [2.75, 3.05) is 14.2 Å². The summed E-state index contributed by atoms with van der Waals surface area (Å²) in [7, 11) is 3.20. The Morgan fingerprint density at radius 1 is 1.07 bits per heavy atom. The summed E-state index contributed by atoms with van der Waals surface area (Å²) in [5, 5.41) is 2.66. The van der Waals surface area contributed by atoms with Crippen LogP contribution >= 0.6 is 11.3 Å². The maximum atomic E-state index is 12.4. The predicted molar refractivity (Wildman–Crippen MR) is 106 cm³/mol. The van der Waals surface area contributed by atoms with Gasteiger partial charge < -0.3 is 14.2 Å². The molecule has 0 fully saturated rings. The lowest BCUT2D eigenvalue weighted by atomic mass is 10.0. The number of methoxy groups -OCH3 is 2. The monoisotopic (exact) mass is 383 g/mol. The Hall–Kier alpha value is -2.86. The van der Waals surface area contributed by atoms with Crippen molar-refractivity contribution in [1.82, 2.24) is 4.98 Å². The Morgan fingerprint density at radius 3 is 2.59 bits per heavy atom. The Kier molecular flexibility index (Phi) is 5.76. The molecule has 3 rings (SSSR count). The second-order valence-electron chi connectivity index (χ2n) is 6.01. The number of ether oxygens (including phenoxy) is 3. The minimum atomic E-state index is -0.343. The SMILES string of the molecule is COc1cccc(-c2nc(COC(=O)c3cccc(C)c3C)cs2)c1OC. The van der Waals surface area contributed by atoms with Crippen LogP contribution in [0.2, 0.25) is 0 Å². The predicted octanol–water partition coefficient (Wildman–Crippen LogP) is 4.80. The van der Waals surface area contributed by atoms with E-state index < -0.39 is 0 Å². The first-order chi connectivity index (χ1) is 13.0. The fourth-order valence-electron chi connectivity index (χ4n) is 2.74. The number of benzene rings is 2. The molecule has 0 radical (unpaired) electrons. The van der Waals surface area contributed by atoms with Gasteiger partial charge in [0.2, 0.25) is 0 Å². The zero-order valence-electron chi connectivity index (χ0n) is 15.7. The van der Waals surface area contributed by atoms with E-state index in [9.17, 15) is 4.79 Å². The number of nitrogens with zero attached hydrogens (tertiary/aromatic N) is 1. The van der Waals surface area contributed by atoms with Gasteiger partial charge in [0, 0.05) is 5.38 Å². The van der Waals surface area contributed by atoms with Gasteiger partial charge >= 0.3 is 5.97 Å². The summed E-state index contributed by atoms with van der Waals surface area (Å²) in [5.41, 5.74) is 4.11. The first-order valence-electron chi connectivity index (χ1n) is 8.44. The van der Waals surface area contributed by atoms with E-state index in [1.165, 1.54) is 11.3 Å². The topological polar surface area (TPSA) is 57.7 Å². The zero-order valence-corrected chi connectivity index (χ0v) is 16.6. The third kappa shape index (κ3) is 3.95. The number of para-hydroxylation sites is 1. The second kappa shape index (κ2) is 8.22. The number of thiazole rings is 1. The highest BCUT2D eigenvalue weighted by atomic mass is 32.1. The van der Waals surface area contributed by atoms with Crippen molar-refractivity contribution in [3.63, 3.8) is 0 Å². The molecule has 0 N–H and O–H groups in total. The molecule has 1 aromatic heterocycles. The summed E-state index contributed by atoms with van der Waals surface area (Å²) < 4.78 is 16.3. The number of aryl methyl sites for hydroxylation is 1. The van der Waals surface area contributed by atoms with E-state index in [0.29, 0.717) is 22.8 Å². The average molecular weight is 383 g/mol. The van der Waals surface area contributed by atoms with Gasteiger partial charge in [-0.05, 0) is 43.2 Å². The third-order valence-electron chi connectivity index (χ3n) is 4.36. The number of aromatic nitrogens is 1. The smallest absolute Gasteiger partial charge is 0.338 e. The molecule has 27 heavy (non-hydrogen) atoms. The fourth-order valence-corrected chi connectivity index (χ4v) is 3.57. The molecule has 1 heterocycles. The Bertz CT molecular complexity index is 965. The van der Waals surface area contributed by atoms with Crippen LogP contribution in [0.25, 0.3) is 10.6 Å². The van der Waals surface area contributed by atoms with Crippen molar-refractivity contribution < 1.29 is 19.0 Å². The van der Waals surface area contributed by atoms with Gasteiger partial charge in [-0.2, -0.15) is 0 Å². The van der Waals surface area contributed by atoms with E-state index >= 15 is 0 Å². The minimum absolute atomic E-state index is 0.120. The van der Waals surface area contributed by atoms with Crippen molar-refractivity contribution >= 4 is 17.3 Å². The van der Waals surface area contributed by atoms with Crippen LogP contribution in [0.15, 0.2) is 41.8 Å². The van der Waals surface area contributed by atoms with Gasteiger partial charge in [0.05, 0.1) is 31.0 Å². The average Bonchev–Trinajstić information content (AvgIpc) is 3.16. The Balaban J connectivity index is 1.76. The molecular weight excluding hydrogens is 362 g/mol. The molecule has 0 amide bonds. The molecule has 0 saturated carbocycles. The fraction of sp³-hybridized carbons (Fsp3) is 0.238. The normalized spacial score (nSPS) is 10.5. The highest BCUT2D eigenvalue weighted by Gasteiger charge is 2.16. The van der Waals surface area contributed by atoms with Gasteiger partial charge in [-0.3, -0.25) is 0 Å². The van der Waals surface area contributed by atoms with E-state index in [1.807, 2.05) is 49.6 Å². The Morgan fingerprint density at radius 2 is 1.85 bits per heavy atom. The number of esters is 1. The standard InChI is InChI=1S/C21H21NO4S/c1-13-7-5-8-16(14(13)2)21(23)26-11-15-12-27-20(22-15)17-9-6-10-18(24-3)19(17)25-4/h5-10,12H,11H2,1-4H3. The zero-order chi connectivity index (χ0) is 19.4. The van der Waals surface area contributed by atoms with Gasteiger partial charge in [-0.1, -0.05) is 18.2 Å². The van der Waals surface area contributed by atoms with Crippen molar-refractivity contribution in [3.05, 3.63) is 64.2 Å². The van der Waals surface area contributed by atoms with Gasteiger partial charge in [0.1, 0.15) is 11.6 Å². The third-order valence-corrected chi connectivity index (χ3v) is 5.29. The van der Waals surface area contributed by atoms with Crippen LogP contribution in [0.5, 0.6) is 11.5 Å². The van der Waals surface area contributed by atoms with Crippen LogP contribution in [-0.4, -0.2) is 25.2 Å². The summed E-state index contributed by atoms with van der Waals surface area (Å²) in [6.07, 6.45) is 0. The molecule has 0 aliphatic heterocycles. The van der Waals surface area contributed by atoms with Crippen molar-refractivity contribution in [3.8, 4) is 22.1 Å². The maximum absolute atomic E-state index is 12.4. The van der Waals surface area contributed by atoms with E-state index in [2.05, 4.69) is 4.98 Å². The lowest BCUT2D eigenvalue weighted by Crippen LogP contribution is -2.08. The minimum Gasteiger partial charge on any atom is -0.493 e. The molecule has 3 aromatic rings. The summed E-state index contributed by atoms with van der Waals surface area (Å²) in [4.78, 5) is 16.9. The van der Waals surface area contributed by atoms with Crippen molar-refractivity contribution in [2.45, 2.75) is 20.5 Å². The molecule has 6 heteroatoms. The van der Waals surface area contributed by atoms with Crippen LogP contribution in [0.1, 0.15) is 27.2 Å². The van der Waals surface area contributed by atoms with E-state index in [-0.39, 0.29) is 12.6 Å². The van der Waals surface area contributed by atoms with Crippen LogP contribution in [0.3, 0.4) is 0 Å². The first kappa shape index (κ1) is 18.9. The molecule has 0 unspecified atom stereocenters. The summed E-state index contributed by atoms with van der Waals surface area (Å²) in [5.74, 6) is 0.936. The van der Waals surface area contributed by atoms with E-state index in [0.717, 1.165) is 21.7 Å². The molecule has 0 bridgehead atoms. The van der Waals surface area contributed by atoms with Gasteiger partial charge in [0.15, 0.2) is 11.5 Å². The number of carbonyl (C=O) groups excluding carboxylic acids is 1. The van der Waals surface area contributed by atoms with Crippen LogP contribution in [-0.2, 0) is 11.3 Å². The summed E-state index contributed by atoms with van der Waals surface area (Å²) >= 11 is 1.47. The number of hydrogen-bond donors (Lipinski definition) is 0. The molecule has 2 aromatic carbocycles. The molecule has 0 spiro atoms.